The summed E-state index contributed by atoms with van der Waals surface area (Å²) in [4.78, 5) is 23.4. The van der Waals surface area contributed by atoms with Crippen molar-refractivity contribution in [2.45, 2.75) is 45.8 Å². The fraction of sp³-hybridized carbons (Fsp3) is 0.714. The van der Waals surface area contributed by atoms with Crippen LogP contribution >= 0.6 is 0 Å². The monoisotopic (exact) mass is 252 g/mol. The molecule has 4 nitrogen and oxygen atoms in total. The van der Waals surface area contributed by atoms with Crippen LogP contribution in [0.3, 0.4) is 0 Å². The number of hydrogen-bond donors (Lipinski definition) is 0. The molecule has 2 rings (SSSR count). The molecule has 1 aliphatic carbocycles. The fourth-order valence-electron chi connectivity index (χ4n) is 2.65. The summed E-state index contributed by atoms with van der Waals surface area (Å²) in [6.45, 7) is 9.52. The highest BCUT2D eigenvalue weighted by molar-refractivity contribution is 5.88. The summed E-state index contributed by atoms with van der Waals surface area (Å²) < 4.78 is 10.8. The molecule has 4 unspecified atom stereocenters. The second-order valence-corrected chi connectivity index (χ2v) is 5.57. The molecule has 0 spiro atoms. The Morgan fingerprint density at radius 2 is 2.11 bits per heavy atom. The number of esters is 2. The molecule has 0 N–H and O–H groups in total. The molecule has 0 radical (unpaired) electrons. The molecular weight excluding hydrogens is 232 g/mol. The Hall–Kier alpha value is -1.32. The maximum atomic E-state index is 11.9. The summed E-state index contributed by atoms with van der Waals surface area (Å²) in [5, 5.41) is 0. The smallest absolute Gasteiger partial charge is 0.334 e. The molecular formula is C14H20O4. The maximum absolute atomic E-state index is 11.9. The molecule has 1 heterocycles. The number of carbonyl (C=O) groups is 2. The lowest BCUT2D eigenvalue weighted by molar-refractivity contribution is -0.159. The van der Waals surface area contributed by atoms with Gasteiger partial charge in [-0.15, -0.1) is 0 Å². The van der Waals surface area contributed by atoms with Crippen molar-refractivity contribution in [3.63, 3.8) is 0 Å². The Bertz CT molecular complexity index is 385. The highest BCUT2D eigenvalue weighted by atomic mass is 16.6. The molecule has 4 atom stereocenters. The number of rotatable bonds is 3. The van der Waals surface area contributed by atoms with Crippen LogP contribution in [0.2, 0.25) is 0 Å². The fourth-order valence-corrected chi connectivity index (χ4v) is 2.65. The third kappa shape index (κ3) is 2.16. The van der Waals surface area contributed by atoms with E-state index >= 15 is 0 Å². The Labute approximate surface area is 107 Å². The lowest BCUT2D eigenvalue weighted by Gasteiger charge is -2.30. The predicted octanol–water partition coefficient (Wildman–Crippen LogP) is 2.08. The van der Waals surface area contributed by atoms with Gasteiger partial charge in [-0.1, -0.05) is 27.4 Å². The molecule has 100 valence electrons. The normalized spacial score (nSPS) is 34.3. The summed E-state index contributed by atoms with van der Waals surface area (Å²) in [6, 6.07) is 0. The largest absolute Gasteiger partial charge is 0.458 e. The molecule has 2 aliphatic rings. The van der Waals surface area contributed by atoms with Crippen molar-refractivity contribution in [2.75, 3.05) is 0 Å². The van der Waals surface area contributed by atoms with Crippen LogP contribution in [0.4, 0.5) is 0 Å². The number of carbonyl (C=O) groups excluding carboxylic acids is 2. The summed E-state index contributed by atoms with van der Waals surface area (Å²) in [7, 11) is 0. The van der Waals surface area contributed by atoms with Crippen molar-refractivity contribution >= 4 is 11.9 Å². The van der Waals surface area contributed by atoms with E-state index in [1.165, 1.54) is 0 Å². The maximum Gasteiger partial charge on any atom is 0.334 e. The Kier molecular flexibility index (Phi) is 3.46. The van der Waals surface area contributed by atoms with Gasteiger partial charge in [0.05, 0.1) is 5.92 Å². The van der Waals surface area contributed by atoms with E-state index in [1.54, 1.807) is 0 Å². The molecule has 2 bridgehead atoms. The molecule has 2 fully saturated rings. The van der Waals surface area contributed by atoms with Gasteiger partial charge in [0.1, 0.15) is 12.2 Å². The van der Waals surface area contributed by atoms with E-state index in [4.69, 9.17) is 9.47 Å². The van der Waals surface area contributed by atoms with Crippen molar-refractivity contribution in [3.8, 4) is 0 Å². The second kappa shape index (κ2) is 4.75. The molecule has 1 saturated heterocycles. The standard InChI is InChI=1S/C14H20O4/c1-7(2)8(3)13(15)17-11-6-5-10-9(4)12(11)18-14(10)16/h7,9-12H,3,5-6H2,1-2,4H3. The van der Waals surface area contributed by atoms with Crippen LogP contribution in [0, 0.1) is 17.8 Å². The minimum Gasteiger partial charge on any atom is -0.458 e. The van der Waals surface area contributed by atoms with Crippen LogP contribution in [0.15, 0.2) is 12.2 Å². The molecule has 1 aliphatic heterocycles. The van der Waals surface area contributed by atoms with Gasteiger partial charge in [0.15, 0.2) is 0 Å². The van der Waals surface area contributed by atoms with E-state index in [0.29, 0.717) is 12.0 Å². The molecule has 0 aromatic rings. The average Bonchev–Trinajstić information content (AvgIpc) is 2.49. The van der Waals surface area contributed by atoms with E-state index < -0.39 is 0 Å². The first kappa shape index (κ1) is 13.1. The molecule has 0 aromatic heterocycles. The van der Waals surface area contributed by atoms with E-state index in [-0.39, 0.29) is 41.9 Å². The third-order valence-electron chi connectivity index (χ3n) is 4.05. The van der Waals surface area contributed by atoms with Gasteiger partial charge in [0, 0.05) is 11.5 Å². The quantitative estimate of drug-likeness (QED) is 0.570. The van der Waals surface area contributed by atoms with Crippen LogP contribution in [0.5, 0.6) is 0 Å². The molecule has 4 heteroatoms. The lowest BCUT2D eigenvalue weighted by atomic mass is 9.79. The van der Waals surface area contributed by atoms with Crippen molar-refractivity contribution in [2.24, 2.45) is 17.8 Å². The number of hydrogen-bond acceptors (Lipinski definition) is 4. The number of ether oxygens (including phenoxy) is 2. The third-order valence-corrected chi connectivity index (χ3v) is 4.05. The first-order valence-corrected chi connectivity index (χ1v) is 6.52. The van der Waals surface area contributed by atoms with Crippen molar-refractivity contribution in [1.29, 1.82) is 0 Å². The van der Waals surface area contributed by atoms with Crippen molar-refractivity contribution in [3.05, 3.63) is 12.2 Å². The van der Waals surface area contributed by atoms with Gasteiger partial charge >= 0.3 is 11.9 Å². The summed E-state index contributed by atoms with van der Waals surface area (Å²) in [6.07, 6.45) is 0.844. The van der Waals surface area contributed by atoms with Gasteiger partial charge in [-0.05, 0) is 18.8 Å². The van der Waals surface area contributed by atoms with Gasteiger partial charge in [0.25, 0.3) is 0 Å². The van der Waals surface area contributed by atoms with Gasteiger partial charge < -0.3 is 9.47 Å². The summed E-state index contributed by atoms with van der Waals surface area (Å²) in [5.41, 5.74) is 0.467. The highest BCUT2D eigenvalue weighted by Crippen LogP contribution is 2.40. The first-order chi connectivity index (χ1) is 8.41. The lowest BCUT2D eigenvalue weighted by Crippen LogP contribution is -2.39. The Morgan fingerprint density at radius 3 is 2.72 bits per heavy atom. The second-order valence-electron chi connectivity index (χ2n) is 5.57. The van der Waals surface area contributed by atoms with Crippen LogP contribution < -0.4 is 0 Å². The Morgan fingerprint density at radius 1 is 1.44 bits per heavy atom. The van der Waals surface area contributed by atoms with Crippen molar-refractivity contribution < 1.29 is 19.1 Å². The summed E-state index contributed by atoms with van der Waals surface area (Å²) >= 11 is 0. The van der Waals surface area contributed by atoms with Crippen LogP contribution in [0.25, 0.3) is 0 Å². The van der Waals surface area contributed by atoms with E-state index in [1.807, 2.05) is 20.8 Å². The molecule has 0 aromatic carbocycles. The molecule has 18 heavy (non-hydrogen) atoms. The van der Waals surface area contributed by atoms with E-state index in [9.17, 15) is 9.59 Å². The van der Waals surface area contributed by atoms with E-state index in [2.05, 4.69) is 6.58 Å². The van der Waals surface area contributed by atoms with Crippen LogP contribution in [0.1, 0.15) is 33.6 Å². The van der Waals surface area contributed by atoms with Crippen LogP contribution in [-0.2, 0) is 19.1 Å². The molecule has 0 amide bonds. The molecule has 1 saturated carbocycles. The van der Waals surface area contributed by atoms with Crippen molar-refractivity contribution in [1.82, 2.24) is 0 Å². The van der Waals surface area contributed by atoms with E-state index in [0.717, 1.165) is 6.42 Å². The minimum atomic E-state index is -0.372. The highest BCUT2D eigenvalue weighted by Gasteiger charge is 2.50. The Balaban J connectivity index is 2.01. The van der Waals surface area contributed by atoms with Gasteiger partial charge in [-0.3, -0.25) is 4.79 Å². The number of fused-ring (bicyclic) bond motifs is 2. The van der Waals surface area contributed by atoms with Crippen LogP contribution in [-0.4, -0.2) is 24.1 Å². The zero-order valence-electron chi connectivity index (χ0n) is 11.1. The van der Waals surface area contributed by atoms with Gasteiger partial charge in [0.2, 0.25) is 0 Å². The zero-order valence-corrected chi connectivity index (χ0v) is 11.1. The average molecular weight is 252 g/mol. The summed E-state index contributed by atoms with van der Waals surface area (Å²) in [5.74, 6) is -0.329. The topological polar surface area (TPSA) is 52.6 Å². The van der Waals surface area contributed by atoms with Gasteiger partial charge in [-0.25, -0.2) is 4.79 Å². The zero-order chi connectivity index (χ0) is 13.4. The predicted molar refractivity (Wildman–Crippen MR) is 65.6 cm³/mol. The SMILES string of the molecule is C=C(C(=O)OC1CCC2C(=O)OC1C2C)C(C)C. The minimum absolute atomic E-state index is 0.0155. The first-order valence-electron chi connectivity index (χ1n) is 6.52. The van der Waals surface area contributed by atoms with Gasteiger partial charge in [-0.2, -0.15) is 0 Å².